The maximum atomic E-state index is 12.6. The zero-order chi connectivity index (χ0) is 17.0. The number of amides is 1. The molecule has 0 aliphatic heterocycles. The van der Waals surface area contributed by atoms with Crippen molar-refractivity contribution in [2.24, 2.45) is 0 Å². The number of benzene rings is 1. The second kappa shape index (κ2) is 6.65. The Morgan fingerprint density at radius 2 is 1.74 bits per heavy atom. The first-order valence-electron chi connectivity index (χ1n) is 7.55. The SMILES string of the molecule is Cc1ccc(C=C(C(=O)NC(C)(C)C)n2ccccc2=O)cc1. The molecule has 1 heterocycles. The van der Waals surface area contributed by atoms with E-state index in [4.69, 9.17) is 0 Å². The van der Waals surface area contributed by atoms with E-state index in [9.17, 15) is 9.59 Å². The molecule has 2 aromatic rings. The summed E-state index contributed by atoms with van der Waals surface area (Å²) < 4.78 is 1.36. The number of hydrogen-bond acceptors (Lipinski definition) is 2. The molecule has 120 valence electrons. The van der Waals surface area contributed by atoms with E-state index in [1.807, 2.05) is 52.0 Å². The highest BCUT2D eigenvalue weighted by Gasteiger charge is 2.19. The Bertz CT molecular complexity index is 778. The first-order chi connectivity index (χ1) is 10.8. The van der Waals surface area contributed by atoms with Crippen LogP contribution in [0.2, 0.25) is 0 Å². The van der Waals surface area contributed by atoms with E-state index in [1.54, 1.807) is 24.4 Å². The van der Waals surface area contributed by atoms with Gasteiger partial charge in [0.1, 0.15) is 5.70 Å². The zero-order valence-electron chi connectivity index (χ0n) is 14.0. The van der Waals surface area contributed by atoms with Crippen molar-refractivity contribution in [3.63, 3.8) is 0 Å². The van der Waals surface area contributed by atoms with Crippen molar-refractivity contribution < 1.29 is 4.79 Å². The summed E-state index contributed by atoms with van der Waals surface area (Å²) in [7, 11) is 0. The number of nitrogens with zero attached hydrogens (tertiary/aromatic N) is 1. The van der Waals surface area contributed by atoms with Crippen molar-refractivity contribution in [1.29, 1.82) is 0 Å². The second-order valence-electron chi connectivity index (χ2n) is 6.55. The molecule has 4 nitrogen and oxygen atoms in total. The molecule has 2 rings (SSSR count). The first kappa shape index (κ1) is 16.7. The summed E-state index contributed by atoms with van der Waals surface area (Å²) in [6, 6.07) is 12.6. The number of pyridine rings is 1. The number of aromatic nitrogens is 1. The highest BCUT2D eigenvalue weighted by molar-refractivity contribution is 6.18. The Morgan fingerprint density at radius 1 is 1.09 bits per heavy atom. The molecule has 0 spiro atoms. The van der Waals surface area contributed by atoms with Crippen molar-refractivity contribution in [3.05, 3.63) is 70.1 Å². The lowest BCUT2D eigenvalue weighted by molar-refractivity contribution is -0.117. The van der Waals surface area contributed by atoms with Crippen LogP contribution in [0.15, 0.2) is 53.5 Å². The van der Waals surface area contributed by atoms with Gasteiger partial charge in [-0.3, -0.25) is 14.2 Å². The lowest BCUT2D eigenvalue weighted by atomic mass is 10.1. The van der Waals surface area contributed by atoms with Crippen molar-refractivity contribution in [3.8, 4) is 0 Å². The van der Waals surface area contributed by atoms with Gasteiger partial charge in [0.15, 0.2) is 0 Å². The Hall–Kier alpha value is -2.62. The molecule has 1 N–H and O–H groups in total. The molecule has 0 unspecified atom stereocenters. The number of hydrogen-bond donors (Lipinski definition) is 1. The zero-order valence-corrected chi connectivity index (χ0v) is 14.0. The highest BCUT2D eigenvalue weighted by atomic mass is 16.2. The quantitative estimate of drug-likeness (QED) is 0.886. The summed E-state index contributed by atoms with van der Waals surface area (Å²) in [6.07, 6.45) is 3.33. The molecule has 0 fully saturated rings. The molecule has 0 aliphatic rings. The van der Waals surface area contributed by atoms with E-state index in [2.05, 4.69) is 5.32 Å². The monoisotopic (exact) mass is 310 g/mol. The first-order valence-corrected chi connectivity index (χ1v) is 7.55. The van der Waals surface area contributed by atoms with E-state index in [0.717, 1.165) is 11.1 Å². The number of rotatable bonds is 3. The van der Waals surface area contributed by atoms with Gasteiger partial charge in [0.05, 0.1) is 0 Å². The fourth-order valence-electron chi connectivity index (χ4n) is 2.10. The summed E-state index contributed by atoms with van der Waals surface area (Å²) >= 11 is 0. The van der Waals surface area contributed by atoms with Gasteiger partial charge < -0.3 is 5.32 Å². The van der Waals surface area contributed by atoms with Gasteiger partial charge in [-0.15, -0.1) is 0 Å². The molecule has 0 aliphatic carbocycles. The summed E-state index contributed by atoms with van der Waals surface area (Å²) in [5.74, 6) is -0.286. The van der Waals surface area contributed by atoms with E-state index in [1.165, 1.54) is 10.6 Å². The molecule has 1 aromatic heterocycles. The Morgan fingerprint density at radius 3 is 2.30 bits per heavy atom. The van der Waals surface area contributed by atoms with Crippen LogP contribution < -0.4 is 10.9 Å². The minimum absolute atomic E-state index is 0.241. The molecule has 0 saturated heterocycles. The Kier molecular flexibility index (Phi) is 4.84. The van der Waals surface area contributed by atoms with Crippen LogP contribution in [-0.4, -0.2) is 16.0 Å². The van der Waals surface area contributed by atoms with Gasteiger partial charge in [-0.1, -0.05) is 35.9 Å². The van der Waals surface area contributed by atoms with Crippen LogP contribution in [0.5, 0.6) is 0 Å². The van der Waals surface area contributed by atoms with Gasteiger partial charge in [-0.2, -0.15) is 0 Å². The van der Waals surface area contributed by atoms with Gasteiger partial charge in [0.2, 0.25) is 0 Å². The maximum Gasteiger partial charge on any atom is 0.268 e. The average Bonchev–Trinajstić information content (AvgIpc) is 2.46. The predicted octanol–water partition coefficient (Wildman–Crippen LogP) is 3.07. The molecule has 4 heteroatoms. The molecule has 23 heavy (non-hydrogen) atoms. The van der Waals surface area contributed by atoms with E-state index in [0.29, 0.717) is 5.70 Å². The third-order valence-corrected chi connectivity index (χ3v) is 3.18. The van der Waals surface area contributed by atoms with Crippen molar-refractivity contribution in [2.45, 2.75) is 33.2 Å². The van der Waals surface area contributed by atoms with Crippen LogP contribution >= 0.6 is 0 Å². The van der Waals surface area contributed by atoms with E-state index >= 15 is 0 Å². The number of aryl methyl sites for hydroxylation is 1. The van der Waals surface area contributed by atoms with Crippen molar-refractivity contribution >= 4 is 17.7 Å². The van der Waals surface area contributed by atoms with Gasteiger partial charge in [-0.05, 0) is 45.4 Å². The largest absolute Gasteiger partial charge is 0.346 e. The maximum absolute atomic E-state index is 12.6. The van der Waals surface area contributed by atoms with Crippen LogP contribution in [0, 0.1) is 6.92 Å². The molecule has 1 amide bonds. The fourth-order valence-corrected chi connectivity index (χ4v) is 2.10. The molecule has 0 bridgehead atoms. The van der Waals surface area contributed by atoms with Crippen LogP contribution in [0.25, 0.3) is 11.8 Å². The normalized spacial score (nSPS) is 12.1. The van der Waals surface area contributed by atoms with Crippen molar-refractivity contribution in [2.75, 3.05) is 0 Å². The van der Waals surface area contributed by atoms with Gasteiger partial charge in [-0.25, -0.2) is 0 Å². The smallest absolute Gasteiger partial charge is 0.268 e. The summed E-state index contributed by atoms with van der Waals surface area (Å²) in [6.45, 7) is 7.72. The van der Waals surface area contributed by atoms with Crippen LogP contribution in [0.1, 0.15) is 31.9 Å². The third kappa shape index (κ3) is 4.68. The van der Waals surface area contributed by atoms with E-state index < -0.39 is 0 Å². The third-order valence-electron chi connectivity index (χ3n) is 3.18. The molecule has 0 atom stereocenters. The van der Waals surface area contributed by atoms with Gasteiger partial charge in [0.25, 0.3) is 11.5 Å². The Labute approximate surface area is 136 Å². The molecule has 0 saturated carbocycles. The number of carbonyl (C=O) groups excluding carboxylic acids is 1. The minimum atomic E-state index is -0.387. The topological polar surface area (TPSA) is 51.1 Å². The van der Waals surface area contributed by atoms with Crippen LogP contribution in [0.3, 0.4) is 0 Å². The molecule has 0 radical (unpaired) electrons. The lowest BCUT2D eigenvalue weighted by Gasteiger charge is -2.22. The van der Waals surface area contributed by atoms with Gasteiger partial charge in [0, 0.05) is 17.8 Å². The summed E-state index contributed by atoms with van der Waals surface area (Å²) in [4.78, 5) is 24.8. The standard InChI is InChI=1S/C19H22N2O2/c1-14-8-10-15(11-9-14)13-16(18(23)20-19(2,3)4)21-12-6-5-7-17(21)22/h5-13H,1-4H3,(H,20,23). The summed E-state index contributed by atoms with van der Waals surface area (Å²) in [5.41, 5.74) is 1.68. The lowest BCUT2D eigenvalue weighted by Crippen LogP contribution is -2.42. The van der Waals surface area contributed by atoms with Crippen LogP contribution in [-0.2, 0) is 4.79 Å². The number of carbonyl (C=O) groups is 1. The van der Waals surface area contributed by atoms with E-state index in [-0.39, 0.29) is 17.0 Å². The number of nitrogens with one attached hydrogen (secondary N) is 1. The summed E-state index contributed by atoms with van der Waals surface area (Å²) in [5, 5.41) is 2.91. The highest BCUT2D eigenvalue weighted by Crippen LogP contribution is 2.13. The molecule has 1 aromatic carbocycles. The molecular weight excluding hydrogens is 288 g/mol. The fraction of sp³-hybridized carbons (Fsp3) is 0.263. The average molecular weight is 310 g/mol. The predicted molar refractivity (Wildman–Crippen MR) is 93.9 cm³/mol. The second-order valence-corrected chi connectivity index (χ2v) is 6.55. The molecular formula is C19H22N2O2. The van der Waals surface area contributed by atoms with Crippen LogP contribution in [0.4, 0.5) is 0 Å². The minimum Gasteiger partial charge on any atom is -0.346 e. The van der Waals surface area contributed by atoms with Crippen molar-refractivity contribution in [1.82, 2.24) is 9.88 Å². The van der Waals surface area contributed by atoms with Gasteiger partial charge >= 0.3 is 0 Å². The Balaban J connectivity index is 2.51.